The van der Waals surface area contributed by atoms with Crippen LogP contribution in [0.25, 0.3) is 0 Å². The summed E-state index contributed by atoms with van der Waals surface area (Å²) < 4.78 is 6.43. The van der Waals surface area contributed by atoms with Gasteiger partial charge in [0.1, 0.15) is 0 Å². The van der Waals surface area contributed by atoms with Gasteiger partial charge in [-0.1, -0.05) is 12.1 Å². The second-order valence-corrected chi connectivity index (χ2v) is 8.97. The highest BCUT2D eigenvalue weighted by atomic mass is 32.1. The molecule has 0 saturated heterocycles. The van der Waals surface area contributed by atoms with Gasteiger partial charge in [-0.25, -0.2) is 4.79 Å². The fourth-order valence-corrected chi connectivity index (χ4v) is 5.59. The van der Waals surface area contributed by atoms with E-state index in [1.54, 1.807) is 0 Å². The molecule has 148 valence electrons. The summed E-state index contributed by atoms with van der Waals surface area (Å²) in [6, 6.07) is 8.07. The van der Waals surface area contributed by atoms with Gasteiger partial charge < -0.3 is 20.1 Å². The highest BCUT2D eigenvalue weighted by Crippen LogP contribution is 2.42. The van der Waals surface area contributed by atoms with Crippen molar-refractivity contribution in [2.24, 2.45) is 0 Å². The summed E-state index contributed by atoms with van der Waals surface area (Å²) in [6.45, 7) is 2.00. The van der Waals surface area contributed by atoms with Gasteiger partial charge in [-0.05, 0) is 62.7 Å². The molecule has 0 bridgehead atoms. The number of nitrogens with one attached hydrogen (secondary N) is 1. The van der Waals surface area contributed by atoms with Gasteiger partial charge >= 0.3 is 5.97 Å². The minimum absolute atomic E-state index is 0.0424. The number of hydrogen-bond donors (Lipinski definition) is 2. The van der Waals surface area contributed by atoms with Crippen molar-refractivity contribution in [3.8, 4) is 0 Å². The SMILES string of the molecule is CNCCN(C)[C@H]1CC[C@H](OC(C(=O)O)(c2cccs2)c2cccs2)CC1. The molecule has 1 fully saturated rings. The number of likely N-dealkylation sites (N-methyl/N-ethyl adjacent to an activating group) is 2. The Morgan fingerprint density at radius 3 is 2.26 bits per heavy atom. The number of aliphatic carboxylic acids is 1. The number of thiophene rings is 2. The molecule has 0 aromatic carbocycles. The number of carbonyl (C=O) groups is 1. The van der Waals surface area contributed by atoms with E-state index in [-0.39, 0.29) is 6.10 Å². The van der Waals surface area contributed by atoms with Crippen LogP contribution in [0.2, 0.25) is 0 Å². The highest BCUT2D eigenvalue weighted by Gasteiger charge is 2.48. The lowest BCUT2D eigenvalue weighted by atomic mass is 9.90. The van der Waals surface area contributed by atoms with E-state index in [1.807, 2.05) is 42.1 Å². The molecule has 1 aliphatic carbocycles. The molecule has 1 saturated carbocycles. The Bertz CT molecular complexity index is 661. The Hall–Kier alpha value is -1.25. The first-order valence-electron chi connectivity index (χ1n) is 9.42. The molecule has 0 amide bonds. The molecule has 5 nitrogen and oxygen atoms in total. The van der Waals surface area contributed by atoms with Crippen molar-refractivity contribution < 1.29 is 14.6 Å². The van der Waals surface area contributed by atoms with E-state index in [0.29, 0.717) is 6.04 Å². The first-order valence-corrected chi connectivity index (χ1v) is 11.2. The Morgan fingerprint density at radius 1 is 1.22 bits per heavy atom. The van der Waals surface area contributed by atoms with Crippen LogP contribution in [-0.4, -0.2) is 55.3 Å². The third kappa shape index (κ3) is 4.43. The lowest BCUT2D eigenvalue weighted by Gasteiger charge is -2.38. The van der Waals surface area contributed by atoms with E-state index in [2.05, 4.69) is 17.3 Å². The third-order valence-corrected chi connectivity index (χ3v) is 7.30. The molecule has 27 heavy (non-hydrogen) atoms. The Balaban J connectivity index is 1.74. The topological polar surface area (TPSA) is 61.8 Å². The highest BCUT2D eigenvalue weighted by molar-refractivity contribution is 7.12. The summed E-state index contributed by atoms with van der Waals surface area (Å²) in [4.78, 5) is 16.3. The van der Waals surface area contributed by atoms with Crippen LogP contribution < -0.4 is 5.32 Å². The molecule has 1 aliphatic rings. The number of hydrogen-bond acceptors (Lipinski definition) is 6. The molecule has 0 radical (unpaired) electrons. The fourth-order valence-electron chi connectivity index (χ4n) is 3.78. The van der Waals surface area contributed by atoms with Crippen molar-refractivity contribution in [1.82, 2.24) is 10.2 Å². The maximum absolute atomic E-state index is 12.5. The molecule has 0 unspecified atom stereocenters. The smallest absolute Gasteiger partial charge is 0.347 e. The molecule has 3 rings (SSSR count). The quantitative estimate of drug-likeness (QED) is 0.664. The molecular weight excluding hydrogens is 380 g/mol. The van der Waals surface area contributed by atoms with Crippen molar-refractivity contribution in [2.75, 3.05) is 27.2 Å². The summed E-state index contributed by atoms with van der Waals surface area (Å²) in [6.07, 6.45) is 3.81. The van der Waals surface area contributed by atoms with Crippen molar-refractivity contribution in [1.29, 1.82) is 0 Å². The van der Waals surface area contributed by atoms with Crippen LogP contribution in [0.4, 0.5) is 0 Å². The molecular formula is C20H28N2O3S2. The second-order valence-electron chi connectivity index (χ2n) is 7.07. The maximum atomic E-state index is 12.5. The normalized spacial score (nSPS) is 20.9. The van der Waals surface area contributed by atoms with Crippen LogP contribution >= 0.6 is 22.7 Å². The minimum Gasteiger partial charge on any atom is -0.479 e. The zero-order valence-electron chi connectivity index (χ0n) is 15.9. The van der Waals surface area contributed by atoms with E-state index in [4.69, 9.17) is 4.74 Å². The predicted molar refractivity (Wildman–Crippen MR) is 111 cm³/mol. The first kappa shape index (κ1) is 20.5. The number of carboxylic acid groups (broad SMARTS) is 1. The molecule has 0 atom stereocenters. The Labute approximate surface area is 169 Å². The van der Waals surface area contributed by atoms with E-state index < -0.39 is 11.6 Å². The van der Waals surface area contributed by atoms with Crippen LogP contribution in [0.3, 0.4) is 0 Å². The van der Waals surface area contributed by atoms with E-state index in [9.17, 15) is 9.90 Å². The average Bonchev–Trinajstić information content (AvgIpc) is 3.38. The zero-order valence-corrected chi connectivity index (χ0v) is 17.5. The third-order valence-electron chi connectivity index (χ3n) is 5.36. The van der Waals surface area contributed by atoms with Gasteiger partial charge in [0, 0.05) is 19.1 Å². The van der Waals surface area contributed by atoms with E-state index in [0.717, 1.165) is 48.5 Å². The summed E-state index contributed by atoms with van der Waals surface area (Å²) in [5.41, 5.74) is -1.39. The van der Waals surface area contributed by atoms with Crippen LogP contribution in [0.15, 0.2) is 35.0 Å². The number of rotatable bonds is 9. The maximum Gasteiger partial charge on any atom is 0.347 e. The molecule has 2 heterocycles. The standard InChI is InChI=1S/C20H28N2O3S2/c1-21-11-12-22(2)15-7-9-16(10-8-15)25-20(19(23)24,17-5-3-13-26-17)18-6-4-14-27-18/h3-6,13-16,21H,7-12H2,1-2H3,(H,23,24)/t15-,16-. The van der Waals surface area contributed by atoms with Crippen LogP contribution in [0, 0.1) is 0 Å². The van der Waals surface area contributed by atoms with Crippen molar-refractivity contribution >= 4 is 28.6 Å². The summed E-state index contributed by atoms with van der Waals surface area (Å²) in [5, 5.41) is 17.2. The molecule has 7 heteroatoms. The average molecular weight is 409 g/mol. The molecule has 2 aromatic rings. The molecule has 2 N–H and O–H groups in total. The zero-order chi connectivity index (χ0) is 19.3. The van der Waals surface area contributed by atoms with Gasteiger partial charge in [-0.15, -0.1) is 22.7 Å². The largest absolute Gasteiger partial charge is 0.479 e. The molecule has 0 spiro atoms. The minimum atomic E-state index is -1.39. The predicted octanol–water partition coefficient (Wildman–Crippen LogP) is 3.62. The molecule has 0 aliphatic heterocycles. The van der Waals surface area contributed by atoms with Gasteiger partial charge in [-0.2, -0.15) is 0 Å². The van der Waals surface area contributed by atoms with Gasteiger partial charge in [-0.3, -0.25) is 0 Å². The summed E-state index contributed by atoms with van der Waals surface area (Å²) in [5.74, 6) is -0.930. The lowest BCUT2D eigenvalue weighted by Crippen LogP contribution is -2.45. The van der Waals surface area contributed by atoms with Gasteiger partial charge in [0.2, 0.25) is 5.60 Å². The van der Waals surface area contributed by atoms with Crippen LogP contribution in [0.1, 0.15) is 35.4 Å². The Kier molecular flexibility index (Phi) is 7.05. The van der Waals surface area contributed by atoms with Crippen LogP contribution in [-0.2, 0) is 15.1 Å². The number of carboxylic acids is 1. The summed E-state index contributed by atoms with van der Waals surface area (Å²) >= 11 is 2.89. The molecule has 2 aromatic heterocycles. The van der Waals surface area contributed by atoms with E-state index in [1.165, 1.54) is 22.7 Å². The van der Waals surface area contributed by atoms with Gasteiger partial charge in [0.25, 0.3) is 0 Å². The Morgan fingerprint density at radius 2 is 1.81 bits per heavy atom. The fraction of sp³-hybridized carbons (Fsp3) is 0.550. The second kappa shape index (κ2) is 9.30. The van der Waals surface area contributed by atoms with Gasteiger partial charge in [0.15, 0.2) is 0 Å². The van der Waals surface area contributed by atoms with Gasteiger partial charge in [0.05, 0.1) is 15.9 Å². The number of nitrogens with zero attached hydrogens (tertiary/aromatic N) is 1. The first-order chi connectivity index (χ1) is 13.1. The lowest BCUT2D eigenvalue weighted by molar-refractivity contribution is -0.170. The van der Waals surface area contributed by atoms with Crippen molar-refractivity contribution in [3.05, 3.63) is 44.8 Å². The van der Waals surface area contributed by atoms with E-state index >= 15 is 0 Å². The number of ether oxygens (including phenoxy) is 1. The van der Waals surface area contributed by atoms with Crippen molar-refractivity contribution in [2.45, 2.75) is 43.4 Å². The summed E-state index contributed by atoms with van der Waals surface area (Å²) in [7, 11) is 4.14. The van der Waals surface area contributed by atoms with Crippen LogP contribution in [0.5, 0.6) is 0 Å². The van der Waals surface area contributed by atoms with Crippen molar-refractivity contribution in [3.63, 3.8) is 0 Å². The monoisotopic (exact) mass is 408 g/mol.